The lowest BCUT2D eigenvalue weighted by Crippen LogP contribution is -2.36. The summed E-state index contributed by atoms with van der Waals surface area (Å²) in [6.07, 6.45) is 1.31. The predicted octanol–water partition coefficient (Wildman–Crippen LogP) is 2.61. The quantitative estimate of drug-likeness (QED) is 0.530. The summed E-state index contributed by atoms with van der Waals surface area (Å²) in [6.45, 7) is 14.2. The molecule has 0 aromatic heterocycles. The number of rotatable bonds is 6. The highest BCUT2D eigenvalue weighted by Crippen LogP contribution is 2.08. The maximum absolute atomic E-state index is 11.6. The summed E-state index contributed by atoms with van der Waals surface area (Å²) < 4.78 is 10.5. The molecule has 0 spiro atoms. The van der Waals surface area contributed by atoms with Crippen molar-refractivity contribution in [3.05, 3.63) is 24.8 Å². The second-order valence-corrected chi connectivity index (χ2v) is 4.82. The van der Waals surface area contributed by atoms with Crippen LogP contribution in [0.25, 0.3) is 0 Å². The van der Waals surface area contributed by atoms with Gasteiger partial charge in [0, 0.05) is 13.6 Å². The molecule has 0 heterocycles. The van der Waals surface area contributed by atoms with Gasteiger partial charge in [0.05, 0.1) is 13.2 Å². The molecule has 4 heteroatoms. The molecule has 98 valence electrons. The number of likely N-dealkylation sites (N-methyl/N-ethyl adjacent to an activating group) is 1. The van der Waals surface area contributed by atoms with Crippen LogP contribution in [-0.2, 0) is 9.47 Å². The van der Waals surface area contributed by atoms with Gasteiger partial charge in [0.15, 0.2) is 0 Å². The summed E-state index contributed by atoms with van der Waals surface area (Å²) in [5.41, 5.74) is 0.355. The summed E-state index contributed by atoms with van der Waals surface area (Å²) in [5.74, 6) is 0. The number of carbonyl (C=O) groups excluding carboxylic acids is 1. The highest BCUT2D eigenvalue weighted by atomic mass is 16.6. The van der Waals surface area contributed by atoms with Crippen molar-refractivity contribution in [3.8, 4) is 0 Å². The minimum atomic E-state index is -0.469. The third kappa shape index (κ3) is 8.51. The summed E-state index contributed by atoms with van der Waals surface area (Å²) in [6, 6.07) is 0. The Kier molecular flexibility index (Phi) is 6.58. The second-order valence-electron chi connectivity index (χ2n) is 4.82. The SMILES string of the molecule is C=CC(=C)COCCN(C)C(=O)OC(C)(C)C. The molecule has 0 rings (SSSR count). The van der Waals surface area contributed by atoms with E-state index in [1.807, 2.05) is 20.8 Å². The smallest absolute Gasteiger partial charge is 0.410 e. The number of hydrogen-bond donors (Lipinski definition) is 0. The van der Waals surface area contributed by atoms with Crippen LogP contribution < -0.4 is 0 Å². The fourth-order valence-corrected chi connectivity index (χ4v) is 0.895. The van der Waals surface area contributed by atoms with Crippen LogP contribution in [0.2, 0.25) is 0 Å². The molecule has 1 amide bonds. The maximum Gasteiger partial charge on any atom is 0.410 e. The van der Waals surface area contributed by atoms with E-state index >= 15 is 0 Å². The van der Waals surface area contributed by atoms with Gasteiger partial charge in [0.25, 0.3) is 0 Å². The molecule has 0 fully saturated rings. The lowest BCUT2D eigenvalue weighted by atomic mass is 10.2. The van der Waals surface area contributed by atoms with Gasteiger partial charge in [-0.1, -0.05) is 19.2 Å². The van der Waals surface area contributed by atoms with E-state index in [1.165, 1.54) is 4.90 Å². The van der Waals surface area contributed by atoms with Gasteiger partial charge in [-0.3, -0.25) is 0 Å². The van der Waals surface area contributed by atoms with E-state index in [-0.39, 0.29) is 6.09 Å². The minimum absolute atomic E-state index is 0.344. The van der Waals surface area contributed by atoms with E-state index in [0.717, 1.165) is 5.57 Å². The third-order valence-corrected chi connectivity index (χ3v) is 1.85. The predicted molar refractivity (Wildman–Crippen MR) is 69.0 cm³/mol. The first-order chi connectivity index (χ1) is 7.76. The van der Waals surface area contributed by atoms with Crippen LogP contribution in [0, 0.1) is 0 Å². The molecule has 0 aromatic carbocycles. The topological polar surface area (TPSA) is 38.8 Å². The normalized spacial score (nSPS) is 10.8. The van der Waals surface area contributed by atoms with Crippen LogP contribution in [0.1, 0.15) is 20.8 Å². The van der Waals surface area contributed by atoms with Gasteiger partial charge in [-0.2, -0.15) is 0 Å². The molecule has 17 heavy (non-hydrogen) atoms. The van der Waals surface area contributed by atoms with Crippen molar-refractivity contribution < 1.29 is 14.3 Å². The molecule has 0 atom stereocenters. The highest BCUT2D eigenvalue weighted by Gasteiger charge is 2.19. The number of carbonyl (C=O) groups is 1. The Morgan fingerprint density at radius 1 is 1.41 bits per heavy atom. The van der Waals surface area contributed by atoms with Gasteiger partial charge in [-0.25, -0.2) is 4.79 Å². The Labute approximate surface area is 104 Å². The molecule has 0 bridgehead atoms. The van der Waals surface area contributed by atoms with E-state index in [0.29, 0.717) is 19.8 Å². The average molecular weight is 241 g/mol. The summed E-state index contributed by atoms with van der Waals surface area (Å²) >= 11 is 0. The van der Waals surface area contributed by atoms with E-state index in [4.69, 9.17) is 9.47 Å². The maximum atomic E-state index is 11.6. The third-order valence-electron chi connectivity index (χ3n) is 1.85. The Hall–Kier alpha value is -1.29. The Morgan fingerprint density at radius 2 is 2.00 bits per heavy atom. The van der Waals surface area contributed by atoms with Crippen molar-refractivity contribution in [2.75, 3.05) is 26.8 Å². The van der Waals surface area contributed by atoms with Gasteiger partial charge >= 0.3 is 6.09 Å². The zero-order chi connectivity index (χ0) is 13.5. The lowest BCUT2D eigenvalue weighted by molar-refractivity contribution is 0.0243. The molecule has 0 saturated heterocycles. The van der Waals surface area contributed by atoms with Crippen molar-refractivity contribution in [2.45, 2.75) is 26.4 Å². The largest absolute Gasteiger partial charge is 0.444 e. The highest BCUT2D eigenvalue weighted by molar-refractivity contribution is 5.67. The van der Waals surface area contributed by atoms with Gasteiger partial charge in [-0.15, -0.1) is 0 Å². The van der Waals surface area contributed by atoms with Crippen molar-refractivity contribution >= 4 is 6.09 Å². The van der Waals surface area contributed by atoms with Gasteiger partial charge in [0.1, 0.15) is 5.60 Å². The van der Waals surface area contributed by atoms with Crippen LogP contribution in [0.3, 0.4) is 0 Å². The van der Waals surface area contributed by atoms with Crippen LogP contribution in [-0.4, -0.2) is 43.4 Å². The molecule has 0 aliphatic rings. The zero-order valence-electron chi connectivity index (χ0n) is 11.3. The monoisotopic (exact) mass is 241 g/mol. The van der Waals surface area contributed by atoms with Gasteiger partial charge in [0.2, 0.25) is 0 Å². The second kappa shape index (κ2) is 7.12. The fourth-order valence-electron chi connectivity index (χ4n) is 0.895. The first-order valence-electron chi connectivity index (χ1n) is 5.58. The van der Waals surface area contributed by atoms with Crippen molar-refractivity contribution in [1.82, 2.24) is 4.90 Å². The van der Waals surface area contributed by atoms with Crippen LogP contribution in [0.15, 0.2) is 24.8 Å². The average Bonchev–Trinajstić information content (AvgIpc) is 2.21. The van der Waals surface area contributed by atoms with E-state index in [1.54, 1.807) is 13.1 Å². The standard InChI is InChI=1S/C13H23NO3/c1-7-11(2)10-16-9-8-14(6)12(15)17-13(3,4)5/h7H,1-2,8-10H2,3-6H3. The number of ether oxygens (including phenoxy) is 2. The molecular weight excluding hydrogens is 218 g/mol. The molecule has 0 unspecified atom stereocenters. The summed E-state index contributed by atoms with van der Waals surface area (Å²) in [7, 11) is 1.68. The zero-order valence-corrected chi connectivity index (χ0v) is 11.3. The first kappa shape index (κ1) is 15.7. The molecule has 0 aliphatic heterocycles. The molecule has 0 aromatic rings. The van der Waals surface area contributed by atoms with E-state index in [9.17, 15) is 4.79 Å². The summed E-state index contributed by atoms with van der Waals surface area (Å²) in [5, 5.41) is 0. The molecule has 0 radical (unpaired) electrons. The minimum Gasteiger partial charge on any atom is -0.444 e. The molecule has 0 aliphatic carbocycles. The number of nitrogens with zero attached hydrogens (tertiary/aromatic N) is 1. The number of hydrogen-bond acceptors (Lipinski definition) is 3. The Bertz CT molecular complexity index is 279. The first-order valence-corrected chi connectivity index (χ1v) is 5.58. The van der Waals surface area contributed by atoms with Gasteiger partial charge < -0.3 is 14.4 Å². The van der Waals surface area contributed by atoms with Crippen molar-refractivity contribution in [1.29, 1.82) is 0 Å². The van der Waals surface area contributed by atoms with Crippen LogP contribution >= 0.6 is 0 Å². The Balaban J connectivity index is 3.79. The molecule has 4 nitrogen and oxygen atoms in total. The van der Waals surface area contributed by atoms with E-state index < -0.39 is 5.60 Å². The summed E-state index contributed by atoms with van der Waals surface area (Å²) in [4.78, 5) is 13.0. The Morgan fingerprint density at radius 3 is 2.47 bits per heavy atom. The van der Waals surface area contributed by atoms with Crippen LogP contribution in [0.4, 0.5) is 4.79 Å². The molecule has 0 N–H and O–H groups in total. The fraction of sp³-hybridized carbons (Fsp3) is 0.615. The van der Waals surface area contributed by atoms with Crippen molar-refractivity contribution in [2.24, 2.45) is 0 Å². The molecular formula is C13H23NO3. The lowest BCUT2D eigenvalue weighted by Gasteiger charge is -2.24. The molecule has 0 saturated carbocycles. The van der Waals surface area contributed by atoms with Gasteiger partial charge in [-0.05, 0) is 26.3 Å². The number of amides is 1. The van der Waals surface area contributed by atoms with Crippen molar-refractivity contribution in [3.63, 3.8) is 0 Å². The van der Waals surface area contributed by atoms with E-state index in [2.05, 4.69) is 13.2 Å². The van der Waals surface area contributed by atoms with Crippen LogP contribution in [0.5, 0.6) is 0 Å².